The highest BCUT2D eigenvalue weighted by Crippen LogP contribution is 2.18. The summed E-state index contributed by atoms with van der Waals surface area (Å²) in [6, 6.07) is 21.3. The average molecular weight is 390 g/mol. The van der Waals surface area contributed by atoms with Crippen LogP contribution in [0.1, 0.15) is 28.8 Å². The third-order valence-corrected chi connectivity index (χ3v) is 4.60. The third kappa shape index (κ3) is 6.07. The molecule has 0 heterocycles. The standard InChI is InChI=1S/C24H26N2O3/c1-18-11-13-20(14-12-18)29-17-5-10-23(27)25-15-16-26-24(28)22-9-4-7-19-6-2-3-8-21(19)22/h2-4,6-9,11-14H,5,10,15-17H2,1H3,(H,25,27)(H,26,28). The van der Waals surface area contributed by atoms with Crippen LogP contribution in [0.4, 0.5) is 0 Å². The summed E-state index contributed by atoms with van der Waals surface area (Å²) in [7, 11) is 0. The summed E-state index contributed by atoms with van der Waals surface area (Å²) in [6.45, 7) is 3.30. The number of hydrogen-bond acceptors (Lipinski definition) is 3. The molecule has 0 bridgehead atoms. The molecule has 0 spiro atoms. The van der Waals surface area contributed by atoms with Gasteiger partial charge < -0.3 is 15.4 Å². The van der Waals surface area contributed by atoms with Crippen LogP contribution in [0.3, 0.4) is 0 Å². The first-order valence-electron chi connectivity index (χ1n) is 9.85. The molecule has 2 N–H and O–H groups in total. The fourth-order valence-electron chi connectivity index (χ4n) is 3.04. The number of carbonyl (C=O) groups excluding carboxylic acids is 2. The van der Waals surface area contributed by atoms with Gasteiger partial charge in [-0.05, 0) is 42.3 Å². The van der Waals surface area contributed by atoms with Crippen molar-refractivity contribution in [3.8, 4) is 5.75 Å². The Labute approximate surface area is 171 Å². The van der Waals surface area contributed by atoms with Gasteiger partial charge >= 0.3 is 0 Å². The third-order valence-electron chi connectivity index (χ3n) is 4.60. The Kier molecular flexibility index (Phi) is 7.22. The zero-order valence-corrected chi connectivity index (χ0v) is 16.6. The maximum absolute atomic E-state index is 12.4. The maximum Gasteiger partial charge on any atom is 0.251 e. The van der Waals surface area contributed by atoms with Gasteiger partial charge in [0, 0.05) is 25.1 Å². The van der Waals surface area contributed by atoms with Crippen molar-refractivity contribution >= 4 is 22.6 Å². The van der Waals surface area contributed by atoms with Crippen LogP contribution in [0.5, 0.6) is 5.75 Å². The Bertz CT molecular complexity index is 962. The molecule has 3 rings (SSSR count). The highest BCUT2D eigenvalue weighted by atomic mass is 16.5. The van der Waals surface area contributed by atoms with E-state index < -0.39 is 0 Å². The fraction of sp³-hybridized carbons (Fsp3) is 0.250. The van der Waals surface area contributed by atoms with E-state index in [1.165, 1.54) is 5.56 Å². The van der Waals surface area contributed by atoms with Gasteiger partial charge in [-0.15, -0.1) is 0 Å². The lowest BCUT2D eigenvalue weighted by atomic mass is 10.0. The van der Waals surface area contributed by atoms with Gasteiger partial charge in [-0.1, -0.05) is 54.1 Å². The summed E-state index contributed by atoms with van der Waals surface area (Å²) >= 11 is 0. The van der Waals surface area contributed by atoms with Crippen LogP contribution in [0.15, 0.2) is 66.7 Å². The predicted octanol–water partition coefficient (Wildman–Crippen LogP) is 3.85. The molecule has 0 saturated heterocycles. The van der Waals surface area contributed by atoms with E-state index in [4.69, 9.17) is 4.74 Å². The number of nitrogens with one attached hydrogen (secondary N) is 2. The van der Waals surface area contributed by atoms with Gasteiger partial charge in [0.2, 0.25) is 5.91 Å². The lowest BCUT2D eigenvalue weighted by Gasteiger charge is -2.09. The van der Waals surface area contributed by atoms with Crippen molar-refractivity contribution in [3.63, 3.8) is 0 Å². The van der Waals surface area contributed by atoms with Crippen LogP contribution in [-0.4, -0.2) is 31.5 Å². The molecule has 0 aliphatic heterocycles. The van der Waals surface area contributed by atoms with Crippen LogP contribution >= 0.6 is 0 Å². The van der Waals surface area contributed by atoms with Crippen molar-refractivity contribution in [3.05, 3.63) is 77.9 Å². The Morgan fingerprint density at radius 3 is 2.41 bits per heavy atom. The first-order valence-corrected chi connectivity index (χ1v) is 9.85. The van der Waals surface area contributed by atoms with Crippen molar-refractivity contribution < 1.29 is 14.3 Å². The smallest absolute Gasteiger partial charge is 0.251 e. The molecule has 0 aliphatic carbocycles. The normalized spacial score (nSPS) is 10.5. The molecule has 0 radical (unpaired) electrons. The lowest BCUT2D eigenvalue weighted by Crippen LogP contribution is -2.34. The molecule has 0 fully saturated rings. The molecule has 2 amide bonds. The van der Waals surface area contributed by atoms with Gasteiger partial charge in [0.1, 0.15) is 5.75 Å². The molecule has 150 valence electrons. The van der Waals surface area contributed by atoms with Gasteiger partial charge in [0.15, 0.2) is 0 Å². The second-order valence-corrected chi connectivity index (χ2v) is 6.90. The molecule has 0 unspecified atom stereocenters. The number of benzene rings is 3. The molecule has 3 aromatic rings. The van der Waals surface area contributed by atoms with Gasteiger partial charge in [-0.2, -0.15) is 0 Å². The molecule has 0 saturated carbocycles. The molecule has 5 heteroatoms. The minimum atomic E-state index is -0.137. The van der Waals surface area contributed by atoms with Crippen LogP contribution in [0.25, 0.3) is 10.8 Å². The SMILES string of the molecule is Cc1ccc(OCCCC(=O)NCCNC(=O)c2cccc3ccccc23)cc1. The Morgan fingerprint density at radius 2 is 1.59 bits per heavy atom. The van der Waals surface area contributed by atoms with Crippen molar-refractivity contribution in [2.24, 2.45) is 0 Å². The van der Waals surface area contributed by atoms with Gasteiger partial charge in [-0.3, -0.25) is 9.59 Å². The minimum Gasteiger partial charge on any atom is -0.494 e. The topological polar surface area (TPSA) is 67.4 Å². The van der Waals surface area contributed by atoms with Crippen molar-refractivity contribution in [1.82, 2.24) is 10.6 Å². The summed E-state index contributed by atoms with van der Waals surface area (Å²) in [4.78, 5) is 24.3. The molecule has 5 nitrogen and oxygen atoms in total. The van der Waals surface area contributed by atoms with E-state index in [-0.39, 0.29) is 11.8 Å². The van der Waals surface area contributed by atoms with Crippen LogP contribution in [0, 0.1) is 6.92 Å². The van der Waals surface area contributed by atoms with E-state index in [1.54, 1.807) is 0 Å². The molecular formula is C24H26N2O3. The monoisotopic (exact) mass is 390 g/mol. The summed E-state index contributed by atoms with van der Waals surface area (Å²) in [5, 5.41) is 7.64. The van der Waals surface area contributed by atoms with Gasteiger partial charge in [-0.25, -0.2) is 0 Å². The number of carbonyl (C=O) groups is 2. The Morgan fingerprint density at radius 1 is 0.862 bits per heavy atom. The Hall–Kier alpha value is -3.34. The quantitative estimate of drug-likeness (QED) is 0.545. The van der Waals surface area contributed by atoms with Crippen LogP contribution in [0.2, 0.25) is 0 Å². The minimum absolute atomic E-state index is 0.0445. The van der Waals surface area contributed by atoms with E-state index in [2.05, 4.69) is 10.6 Å². The maximum atomic E-state index is 12.4. The highest BCUT2D eigenvalue weighted by molar-refractivity contribution is 6.07. The highest BCUT2D eigenvalue weighted by Gasteiger charge is 2.09. The van der Waals surface area contributed by atoms with E-state index >= 15 is 0 Å². The molecule has 29 heavy (non-hydrogen) atoms. The fourth-order valence-corrected chi connectivity index (χ4v) is 3.04. The average Bonchev–Trinajstić information content (AvgIpc) is 2.75. The van der Waals surface area contributed by atoms with E-state index in [0.29, 0.717) is 38.1 Å². The van der Waals surface area contributed by atoms with Crippen molar-refractivity contribution in [2.45, 2.75) is 19.8 Å². The number of aryl methyl sites for hydroxylation is 1. The number of rotatable bonds is 9. The van der Waals surface area contributed by atoms with E-state index in [0.717, 1.165) is 16.5 Å². The zero-order chi connectivity index (χ0) is 20.5. The molecule has 0 atom stereocenters. The first kappa shape index (κ1) is 20.4. The summed E-state index contributed by atoms with van der Waals surface area (Å²) < 4.78 is 5.62. The van der Waals surface area contributed by atoms with Gasteiger partial charge in [0.25, 0.3) is 5.91 Å². The lowest BCUT2D eigenvalue weighted by molar-refractivity contribution is -0.121. The summed E-state index contributed by atoms with van der Waals surface area (Å²) in [5.41, 5.74) is 1.83. The van der Waals surface area contributed by atoms with Gasteiger partial charge in [0.05, 0.1) is 6.61 Å². The van der Waals surface area contributed by atoms with Crippen molar-refractivity contribution in [2.75, 3.05) is 19.7 Å². The largest absolute Gasteiger partial charge is 0.494 e. The number of amides is 2. The summed E-state index contributed by atoms with van der Waals surface area (Å²) in [6.07, 6.45) is 1.03. The number of hydrogen-bond donors (Lipinski definition) is 2. The molecule has 0 aliphatic rings. The van der Waals surface area contributed by atoms with E-state index in [9.17, 15) is 9.59 Å². The van der Waals surface area contributed by atoms with Crippen LogP contribution < -0.4 is 15.4 Å². The Balaban J connectivity index is 1.33. The molecule has 3 aromatic carbocycles. The molecular weight excluding hydrogens is 364 g/mol. The van der Waals surface area contributed by atoms with Crippen LogP contribution in [-0.2, 0) is 4.79 Å². The second-order valence-electron chi connectivity index (χ2n) is 6.90. The zero-order valence-electron chi connectivity index (χ0n) is 16.6. The number of fused-ring (bicyclic) bond motifs is 1. The summed E-state index contributed by atoms with van der Waals surface area (Å²) in [5.74, 6) is 0.631. The predicted molar refractivity (Wildman–Crippen MR) is 115 cm³/mol. The first-order chi connectivity index (χ1) is 14.1. The number of ether oxygens (including phenoxy) is 1. The second kappa shape index (κ2) is 10.3. The molecule has 0 aromatic heterocycles. The van der Waals surface area contributed by atoms with E-state index in [1.807, 2.05) is 73.7 Å². The van der Waals surface area contributed by atoms with Crippen molar-refractivity contribution in [1.29, 1.82) is 0 Å².